The highest BCUT2D eigenvalue weighted by atomic mass is 32.1. The molecular weight excluding hydrogens is 416 g/mol. The number of anilines is 1. The molecule has 32 heavy (non-hydrogen) atoms. The lowest BCUT2D eigenvalue weighted by atomic mass is 10.1. The summed E-state index contributed by atoms with van der Waals surface area (Å²) in [6, 6.07) is 22.8. The molecule has 5 rings (SSSR count). The van der Waals surface area contributed by atoms with Crippen LogP contribution in [0.2, 0.25) is 0 Å². The van der Waals surface area contributed by atoms with Gasteiger partial charge in [-0.2, -0.15) is 0 Å². The molecule has 2 aromatic heterocycles. The predicted molar refractivity (Wildman–Crippen MR) is 131 cm³/mol. The van der Waals surface area contributed by atoms with Gasteiger partial charge in [0, 0.05) is 49.0 Å². The van der Waals surface area contributed by atoms with Crippen LogP contribution in [-0.4, -0.2) is 46.5 Å². The molecule has 6 heteroatoms. The second kappa shape index (κ2) is 9.01. The maximum absolute atomic E-state index is 13.0. The van der Waals surface area contributed by atoms with E-state index in [0.29, 0.717) is 6.54 Å². The molecule has 0 bridgehead atoms. The van der Waals surface area contributed by atoms with Crippen LogP contribution in [-0.2, 0) is 11.3 Å². The highest BCUT2D eigenvalue weighted by Crippen LogP contribution is 2.29. The number of hydrogen-bond acceptors (Lipinski definition) is 4. The van der Waals surface area contributed by atoms with Crippen molar-refractivity contribution in [3.63, 3.8) is 0 Å². The van der Waals surface area contributed by atoms with Crippen molar-refractivity contribution in [2.45, 2.75) is 13.5 Å². The van der Waals surface area contributed by atoms with Crippen LogP contribution in [0.5, 0.6) is 0 Å². The zero-order valence-electron chi connectivity index (χ0n) is 18.1. The second-order valence-electron chi connectivity index (χ2n) is 8.13. The van der Waals surface area contributed by atoms with Crippen LogP contribution in [0.3, 0.4) is 0 Å². The maximum atomic E-state index is 13.0. The van der Waals surface area contributed by atoms with E-state index >= 15 is 0 Å². The van der Waals surface area contributed by atoms with Gasteiger partial charge in [0.2, 0.25) is 5.91 Å². The Morgan fingerprint density at radius 2 is 1.69 bits per heavy atom. The smallest absolute Gasteiger partial charge is 0.242 e. The van der Waals surface area contributed by atoms with Gasteiger partial charge in [-0.25, -0.2) is 4.98 Å². The highest BCUT2D eigenvalue weighted by molar-refractivity contribution is 7.13. The number of nitrogens with zero attached hydrogens (tertiary/aromatic N) is 4. The van der Waals surface area contributed by atoms with Gasteiger partial charge in [-0.1, -0.05) is 48.0 Å². The molecule has 0 radical (unpaired) electrons. The summed E-state index contributed by atoms with van der Waals surface area (Å²) in [4.78, 5) is 22.2. The quantitative estimate of drug-likeness (QED) is 0.440. The van der Waals surface area contributed by atoms with Gasteiger partial charge in [0.25, 0.3) is 0 Å². The van der Waals surface area contributed by atoms with Gasteiger partial charge in [-0.05, 0) is 31.2 Å². The van der Waals surface area contributed by atoms with Crippen LogP contribution in [0.4, 0.5) is 5.69 Å². The van der Waals surface area contributed by atoms with Gasteiger partial charge in [-0.15, -0.1) is 11.3 Å². The third-order valence-corrected chi connectivity index (χ3v) is 6.82. The van der Waals surface area contributed by atoms with E-state index in [1.54, 1.807) is 11.3 Å². The Bertz CT molecular complexity index is 1190. The molecule has 0 saturated carbocycles. The summed E-state index contributed by atoms with van der Waals surface area (Å²) < 4.78 is 2.02. The fourth-order valence-corrected chi connectivity index (χ4v) is 4.96. The van der Waals surface area contributed by atoms with E-state index in [-0.39, 0.29) is 5.91 Å². The van der Waals surface area contributed by atoms with Crippen LogP contribution < -0.4 is 4.90 Å². The first-order valence-corrected chi connectivity index (χ1v) is 11.8. The molecule has 0 N–H and O–H groups in total. The van der Waals surface area contributed by atoms with E-state index in [9.17, 15) is 4.79 Å². The zero-order valence-corrected chi connectivity index (χ0v) is 19.0. The number of hydrogen-bond donors (Lipinski definition) is 0. The van der Waals surface area contributed by atoms with Crippen molar-refractivity contribution < 1.29 is 4.79 Å². The van der Waals surface area contributed by atoms with E-state index < -0.39 is 0 Å². The number of aromatic nitrogens is 2. The number of carbonyl (C=O) groups is 1. The van der Waals surface area contributed by atoms with Gasteiger partial charge in [0.1, 0.15) is 11.6 Å². The SMILES string of the molecule is Cc1ccc(-c2csc(-c3cccn3CC(=O)N3CCN(c4ccccc4)CC3)n2)cc1. The standard InChI is InChI=1S/C26H26N4OS/c1-20-9-11-21(12-10-20)23-19-32-26(27-23)24-8-5-13-30(24)18-25(31)29-16-14-28(15-17-29)22-6-3-2-4-7-22/h2-13,19H,14-18H2,1H3. The van der Waals surface area contributed by atoms with Crippen molar-refractivity contribution in [3.8, 4) is 22.0 Å². The highest BCUT2D eigenvalue weighted by Gasteiger charge is 2.22. The minimum Gasteiger partial charge on any atom is -0.368 e. The minimum atomic E-state index is 0.158. The van der Waals surface area contributed by atoms with Gasteiger partial charge in [-0.3, -0.25) is 4.79 Å². The van der Waals surface area contributed by atoms with Crippen molar-refractivity contribution in [2.75, 3.05) is 31.1 Å². The third kappa shape index (κ3) is 4.32. The number of aryl methyl sites for hydroxylation is 1. The fourth-order valence-electron chi connectivity index (χ4n) is 4.09. The largest absolute Gasteiger partial charge is 0.368 e. The van der Waals surface area contributed by atoms with Crippen LogP contribution >= 0.6 is 11.3 Å². The Kier molecular flexibility index (Phi) is 5.77. The average Bonchev–Trinajstić information content (AvgIpc) is 3.50. The van der Waals surface area contributed by atoms with Crippen molar-refractivity contribution in [3.05, 3.63) is 83.9 Å². The molecule has 162 valence electrons. The molecule has 1 aliphatic rings. The van der Waals surface area contributed by atoms with Crippen LogP contribution in [0.15, 0.2) is 78.3 Å². The molecule has 1 saturated heterocycles. The van der Waals surface area contributed by atoms with E-state index in [4.69, 9.17) is 4.98 Å². The maximum Gasteiger partial charge on any atom is 0.242 e. The first kappa shape index (κ1) is 20.5. The second-order valence-corrected chi connectivity index (χ2v) is 8.99. The molecule has 4 aromatic rings. The molecule has 1 fully saturated rings. The molecule has 0 aliphatic carbocycles. The van der Waals surface area contributed by atoms with E-state index in [0.717, 1.165) is 48.1 Å². The summed E-state index contributed by atoms with van der Waals surface area (Å²) in [5, 5.41) is 3.02. The van der Waals surface area contributed by atoms with Gasteiger partial charge in [0.15, 0.2) is 0 Å². The molecule has 0 spiro atoms. The Morgan fingerprint density at radius 3 is 2.44 bits per heavy atom. The van der Waals surface area contributed by atoms with E-state index in [1.807, 2.05) is 33.9 Å². The first-order valence-electron chi connectivity index (χ1n) is 10.9. The van der Waals surface area contributed by atoms with E-state index in [2.05, 4.69) is 65.7 Å². The normalized spacial score (nSPS) is 14.0. The summed E-state index contributed by atoms with van der Waals surface area (Å²) in [7, 11) is 0. The number of benzene rings is 2. The van der Waals surface area contributed by atoms with Gasteiger partial charge < -0.3 is 14.4 Å². The number of piperazine rings is 1. The van der Waals surface area contributed by atoms with Crippen LogP contribution in [0.1, 0.15) is 5.56 Å². The Hall–Kier alpha value is -3.38. The zero-order chi connectivity index (χ0) is 21.9. The summed E-state index contributed by atoms with van der Waals surface area (Å²) in [5.74, 6) is 0.158. The van der Waals surface area contributed by atoms with Crippen molar-refractivity contribution in [1.82, 2.24) is 14.5 Å². The predicted octanol–water partition coefficient (Wildman–Crippen LogP) is 4.94. The number of para-hydroxylation sites is 1. The van der Waals surface area contributed by atoms with Crippen LogP contribution in [0.25, 0.3) is 22.0 Å². The summed E-state index contributed by atoms with van der Waals surface area (Å²) >= 11 is 1.62. The lowest BCUT2D eigenvalue weighted by molar-refractivity contribution is -0.132. The molecule has 3 heterocycles. The van der Waals surface area contributed by atoms with Crippen molar-refractivity contribution >= 4 is 22.9 Å². The third-order valence-electron chi connectivity index (χ3n) is 5.96. The number of rotatable bonds is 5. The minimum absolute atomic E-state index is 0.158. The Morgan fingerprint density at radius 1 is 0.938 bits per heavy atom. The lowest BCUT2D eigenvalue weighted by Crippen LogP contribution is -2.49. The molecule has 1 aliphatic heterocycles. The van der Waals surface area contributed by atoms with E-state index in [1.165, 1.54) is 11.3 Å². The lowest BCUT2D eigenvalue weighted by Gasteiger charge is -2.36. The Labute approximate surface area is 192 Å². The first-order chi connectivity index (χ1) is 15.7. The molecular formula is C26H26N4OS. The molecule has 0 atom stereocenters. The number of thiazole rings is 1. The summed E-state index contributed by atoms with van der Waals surface area (Å²) in [5.41, 5.74) is 5.54. The topological polar surface area (TPSA) is 41.4 Å². The molecule has 5 nitrogen and oxygen atoms in total. The Balaban J connectivity index is 1.25. The monoisotopic (exact) mass is 442 g/mol. The number of amides is 1. The molecule has 0 unspecified atom stereocenters. The summed E-state index contributed by atoms with van der Waals surface area (Å²) in [6.07, 6.45) is 1.97. The summed E-state index contributed by atoms with van der Waals surface area (Å²) in [6.45, 7) is 5.65. The van der Waals surface area contributed by atoms with Gasteiger partial charge in [0.05, 0.1) is 11.4 Å². The van der Waals surface area contributed by atoms with Crippen molar-refractivity contribution in [2.24, 2.45) is 0 Å². The van der Waals surface area contributed by atoms with Gasteiger partial charge >= 0.3 is 0 Å². The number of carbonyl (C=O) groups excluding carboxylic acids is 1. The average molecular weight is 443 g/mol. The van der Waals surface area contributed by atoms with Crippen molar-refractivity contribution in [1.29, 1.82) is 0 Å². The molecule has 1 amide bonds. The fraction of sp³-hybridized carbons (Fsp3) is 0.231. The molecule has 2 aromatic carbocycles. The van der Waals surface area contributed by atoms with Crippen LogP contribution in [0, 0.1) is 6.92 Å².